The lowest BCUT2D eigenvalue weighted by Gasteiger charge is -2.36. The number of piperazine rings is 1. The Labute approximate surface area is 152 Å². The van der Waals surface area contributed by atoms with E-state index in [1.807, 2.05) is 4.90 Å². The highest BCUT2D eigenvalue weighted by molar-refractivity contribution is 5.93. The van der Waals surface area contributed by atoms with Crippen LogP contribution in [-0.4, -0.2) is 53.0 Å². The summed E-state index contributed by atoms with van der Waals surface area (Å²) in [5.41, 5.74) is 1.42. The number of halogens is 1. The van der Waals surface area contributed by atoms with E-state index in [0.29, 0.717) is 43.7 Å². The maximum Gasteiger partial charge on any atom is 0.272 e. The third-order valence-corrected chi connectivity index (χ3v) is 4.75. The molecule has 1 saturated carbocycles. The van der Waals surface area contributed by atoms with Crippen molar-refractivity contribution in [2.75, 3.05) is 36.4 Å². The summed E-state index contributed by atoms with van der Waals surface area (Å²) in [4.78, 5) is 25.5. The van der Waals surface area contributed by atoms with E-state index < -0.39 is 0 Å². The number of benzene rings is 1. The van der Waals surface area contributed by atoms with Gasteiger partial charge < -0.3 is 15.1 Å². The first-order valence-electron chi connectivity index (χ1n) is 9.00. The molecule has 136 valence electrons. The maximum absolute atomic E-state index is 13.1. The maximum atomic E-state index is 13.1. The normalized spacial score (nSPS) is 17.3. The Morgan fingerprint density at radius 1 is 1.12 bits per heavy atom. The molecule has 6 nitrogen and oxygen atoms in total. The first-order chi connectivity index (χ1) is 12.6. The number of carbonyl (C=O) groups excluding carboxylic acids is 1. The van der Waals surface area contributed by atoms with E-state index in [-0.39, 0.29) is 11.7 Å². The molecule has 0 atom stereocenters. The summed E-state index contributed by atoms with van der Waals surface area (Å²) in [6.07, 6.45) is 2.30. The second-order valence-corrected chi connectivity index (χ2v) is 6.86. The van der Waals surface area contributed by atoms with Gasteiger partial charge in [-0.25, -0.2) is 14.4 Å². The Morgan fingerprint density at radius 3 is 2.46 bits per heavy atom. The van der Waals surface area contributed by atoms with Gasteiger partial charge in [0.25, 0.3) is 5.91 Å². The van der Waals surface area contributed by atoms with Crippen molar-refractivity contribution in [1.82, 2.24) is 14.9 Å². The van der Waals surface area contributed by atoms with Crippen LogP contribution in [0.4, 0.5) is 15.9 Å². The third-order valence-electron chi connectivity index (χ3n) is 4.75. The number of rotatable bonds is 4. The number of hydrogen-bond donors (Lipinski definition) is 1. The first kappa shape index (κ1) is 16.8. The molecule has 2 aliphatic rings. The molecule has 0 unspecified atom stereocenters. The van der Waals surface area contributed by atoms with Gasteiger partial charge in [0.1, 0.15) is 23.2 Å². The van der Waals surface area contributed by atoms with Gasteiger partial charge >= 0.3 is 0 Å². The zero-order valence-corrected chi connectivity index (χ0v) is 14.8. The van der Waals surface area contributed by atoms with Crippen LogP contribution in [0.1, 0.15) is 29.2 Å². The van der Waals surface area contributed by atoms with Crippen molar-refractivity contribution in [1.29, 1.82) is 0 Å². The van der Waals surface area contributed by atoms with Crippen LogP contribution in [0.5, 0.6) is 0 Å². The zero-order valence-electron chi connectivity index (χ0n) is 14.8. The molecule has 0 spiro atoms. The Hall–Kier alpha value is -2.70. The largest absolute Gasteiger partial charge is 0.368 e. The van der Waals surface area contributed by atoms with Crippen LogP contribution >= 0.6 is 0 Å². The smallest absolute Gasteiger partial charge is 0.272 e. The summed E-state index contributed by atoms with van der Waals surface area (Å²) in [6, 6.07) is 8.70. The van der Waals surface area contributed by atoms with Crippen LogP contribution in [0, 0.1) is 12.7 Å². The molecule has 1 aromatic heterocycles. The van der Waals surface area contributed by atoms with Crippen LogP contribution in [0.15, 0.2) is 30.3 Å². The number of nitrogens with one attached hydrogen (secondary N) is 1. The first-order valence-corrected chi connectivity index (χ1v) is 9.00. The van der Waals surface area contributed by atoms with Crippen molar-refractivity contribution in [3.8, 4) is 0 Å². The van der Waals surface area contributed by atoms with Crippen LogP contribution in [-0.2, 0) is 0 Å². The highest BCUT2D eigenvalue weighted by Gasteiger charge is 2.25. The minimum atomic E-state index is -0.239. The van der Waals surface area contributed by atoms with Crippen molar-refractivity contribution < 1.29 is 9.18 Å². The minimum absolute atomic E-state index is 0.0619. The van der Waals surface area contributed by atoms with E-state index in [2.05, 4.69) is 20.2 Å². The molecule has 0 bridgehead atoms. The van der Waals surface area contributed by atoms with Crippen molar-refractivity contribution in [3.05, 3.63) is 47.7 Å². The molecule has 0 radical (unpaired) electrons. The molecule has 4 rings (SSSR count). The summed E-state index contributed by atoms with van der Waals surface area (Å²) >= 11 is 0. The van der Waals surface area contributed by atoms with Gasteiger partial charge in [-0.3, -0.25) is 4.79 Å². The summed E-state index contributed by atoms with van der Waals surface area (Å²) in [6.45, 7) is 4.47. The van der Waals surface area contributed by atoms with Crippen molar-refractivity contribution in [3.63, 3.8) is 0 Å². The fourth-order valence-electron chi connectivity index (χ4n) is 3.17. The number of nitrogens with zero attached hydrogens (tertiary/aromatic N) is 4. The van der Waals surface area contributed by atoms with Crippen LogP contribution in [0.2, 0.25) is 0 Å². The molecule has 1 aliphatic heterocycles. The molecule has 7 heteroatoms. The summed E-state index contributed by atoms with van der Waals surface area (Å²) in [5, 5.41) is 3.33. The topological polar surface area (TPSA) is 61.4 Å². The van der Waals surface area contributed by atoms with E-state index in [1.54, 1.807) is 25.1 Å². The Bertz CT molecular complexity index is 798. The van der Waals surface area contributed by atoms with Gasteiger partial charge in [-0.05, 0) is 44.0 Å². The molecule has 2 fully saturated rings. The lowest BCUT2D eigenvalue weighted by Crippen LogP contribution is -2.49. The van der Waals surface area contributed by atoms with Crippen molar-refractivity contribution in [2.24, 2.45) is 0 Å². The van der Waals surface area contributed by atoms with E-state index in [4.69, 9.17) is 0 Å². The predicted octanol–water partition coefficient (Wildman–Crippen LogP) is 2.46. The van der Waals surface area contributed by atoms with Gasteiger partial charge in [-0.15, -0.1) is 0 Å². The number of amides is 1. The Balaban J connectivity index is 1.41. The molecule has 1 amide bonds. The van der Waals surface area contributed by atoms with Gasteiger partial charge in [0, 0.05) is 44.0 Å². The number of carbonyl (C=O) groups is 1. The second kappa shape index (κ2) is 6.90. The van der Waals surface area contributed by atoms with Gasteiger partial charge in [0.2, 0.25) is 0 Å². The van der Waals surface area contributed by atoms with Crippen LogP contribution in [0.25, 0.3) is 0 Å². The average molecular weight is 355 g/mol. The van der Waals surface area contributed by atoms with Crippen LogP contribution in [0.3, 0.4) is 0 Å². The van der Waals surface area contributed by atoms with E-state index in [1.165, 1.54) is 12.1 Å². The summed E-state index contributed by atoms with van der Waals surface area (Å²) in [5.74, 6) is 1.03. The molecular formula is C19H22FN5O. The molecule has 1 aliphatic carbocycles. The Kier molecular flexibility index (Phi) is 4.44. The fourth-order valence-corrected chi connectivity index (χ4v) is 3.17. The number of aromatic nitrogens is 2. The standard InChI is InChI=1S/C19H22FN5O/c1-13-21-17(12-18(22-13)23-15-4-5-15)19(26)25-10-8-24(9-11-25)16-6-2-14(20)3-7-16/h2-3,6-7,12,15H,4-5,8-11H2,1H3,(H,21,22,23). The zero-order chi connectivity index (χ0) is 18.1. The quantitative estimate of drug-likeness (QED) is 0.913. The fraction of sp³-hybridized carbons (Fsp3) is 0.421. The minimum Gasteiger partial charge on any atom is -0.368 e. The molecular weight excluding hydrogens is 333 g/mol. The van der Waals surface area contributed by atoms with Gasteiger partial charge in [0.05, 0.1) is 0 Å². The van der Waals surface area contributed by atoms with Crippen molar-refractivity contribution >= 4 is 17.4 Å². The molecule has 1 aromatic carbocycles. The van der Waals surface area contributed by atoms with Gasteiger partial charge in [-0.2, -0.15) is 0 Å². The van der Waals surface area contributed by atoms with Gasteiger partial charge in [0.15, 0.2) is 0 Å². The van der Waals surface area contributed by atoms with Gasteiger partial charge in [-0.1, -0.05) is 0 Å². The SMILES string of the molecule is Cc1nc(NC2CC2)cc(C(=O)N2CCN(c3ccc(F)cc3)CC2)n1. The van der Waals surface area contributed by atoms with E-state index in [9.17, 15) is 9.18 Å². The highest BCUT2D eigenvalue weighted by atomic mass is 19.1. The number of anilines is 2. The Morgan fingerprint density at radius 2 is 1.81 bits per heavy atom. The predicted molar refractivity (Wildman–Crippen MR) is 97.9 cm³/mol. The molecule has 2 heterocycles. The van der Waals surface area contributed by atoms with E-state index in [0.717, 1.165) is 24.3 Å². The lowest BCUT2D eigenvalue weighted by molar-refractivity contribution is 0.0740. The molecule has 2 aromatic rings. The molecule has 1 N–H and O–H groups in total. The number of hydrogen-bond acceptors (Lipinski definition) is 5. The third kappa shape index (κ3) is 3.76. The highest BCUT2D eigenvalue weighted by Crippen LogP contribution is 2.24. The lowest BCUT2D eigenvalue weighted by atomic mass is 10.2. The second-order valence-electron chi connectivity index (χ2n) is 6.86. The van der Waals surface area contributed by atoms with Crippen molar-refractivity contribution in [2.45, 2.75) is 25.8 Å². The molecule has 26 heavy (non-hydrogen) atoms. The summed E-state index contributed by atoms with van der Waals surface area (Å²) in [7, 11) is 0. The van der Waals surface area contributed by atoms with Crippen LogP contribution < -0.4 is 10.2 Å². The number of aryl methyl sites for hydroxylation is 1. The monoisotopic (exact) mass is 355 g/mol. The molecule has 1 saturated heterocycles. The van der Waals surface area contributed by atoms with E-state index >= 15 is 0 Å². The summed E-state index contributed by atoms with van der Waals surface area (Å²) < 4.78 is 13.1. The average Bonchev–Trinajstić information content (AvgIpc) is 3.45.